The van der Waals surface area contributed by atoms with Gasteiger partial charge in [-0.1, -0.05) is 30.3 Å². The number of aliphatic carboxylic acids is 1. The summed E-state index contributed by atoms with van der Waals surface area (Å²) in [6.07, 6.45) is 2.64. The maximum atomic E-state index is 13.3. The lowest BCUT2D eigenvalue weighted by Gasteiger charge is -2.44. The molecule has 172 valence electrons. The number of allylic oxidation sites excluding steroid dienone is 3. The molecule has 1 aromatic carbocycles. The Balaban J connectivity index is 1.56. The van der Waals surface area contributed by atoms with Crippen LogP contribution in [0.2, 0.25) is 0 Å². The number of amides is 2. The van der Waals surface area contributed by atoms with Crippen LogP contribution in [0.3, 0.4) is 0 Å². The van der Waals surface area contributed by atoms with Crippen molar-refractivity contribution in [1.29, 1.82) is 0 Å². The predicted octanol–water partition coefficient (Wildman–Crippen LogP) is 0.931. The van der Waals surface area contributed by atoms with Crippen molar-refractivity contribution < 1.29 is 29.1 Å². The van der Waals surface area contributed by atoms with Gasteiger partial charge in [0.15, 0.2) is 0 Å². The highest BCUT2D eigenvalue weighted by Gasteiger charge is 2.64. The van der Waals surface area contributed by atoms with Crippen molar-refractivity contribution in [2.75, 3.05) is 0 Å². The third-order valence-electron chi connectivity index (χ3n) is 5.92. The van der Waals surface area contributed by atoms with Crippen LogP contribution in [-0.4, -0.2) is 61.6 Å². The van der Waals surface area contributed by atoms with Gasteiger partial charge in [0, 0.05) is 22.1 Å². The van der Waals surface area contributed by atoms with E-state index in [4.69, 9.17) is 0 Å². The van der Waals surface area contributed by atoms with Crippen LogP contribution in [0.4, 0.5) is 0 Å². The van der Waals surface area contributed by atoms with E-state index in [1.54, 1.807) is 44.2 Å². The van der Waals surface area contributed by atoms with Gasteiger partial charge in [0.05, 0.1) is 0 Å². The van der Waals surface area contributed by atoms with Crippen molar-refractivity contribution in [2.24, 2.45) is 0 Å². The monoisotopic (exact) mass is 469 g/mol. The number of nitrogens with zero attached hydrogens (tertiary/aromatic N) is 1. The number of hydrogen-bond acceptors (Lipinski definition) is 7. The Morgan fingerprint density at radius 3 is 2.39 bits per heavy atom. The van der Waals surface area contributed by atoms with E-state index in [0.717, 1.165) is 6.08 Å². The molecule has 2 aliphatic heterocycles. The van der Waals surface area contributed by atoms with Crippen LogP contribution >= 0.6 is 11.8 Å². The van der Waals surface area contributed by atoms with Crippen LogP contribution < -0.4 is 10.6 Å². The van der Waals surface area contributed by atoms with Crippen molar-refractivity contribution in [1.82, 2.24) is 15.5 Å². The van der Waals surface area contributed by atoms with Gasteiger partial charge in [0.1, 0.15) is 23.5 Å². The normalized spacial score (nSPS) is 26.6. The summed E-state index contributed by atoms with van der Waals surface area (Å²) in [5.74, 6) is -3.32. The second-order valence-electron chi connectivity index (χ2n) is 8.69. The van der Waals surface area contributed by atoms with Crippen LogP contribution in [0.25, 0.3) is 0 Å². The molecular weight excluding hydrogens is 446 g/mol. The van der Waals surface area contributed by atoms with E-state index in [-0.39, 0.29) is 5.57 Å². The number of carboxylic acids is 1. The smallest absolute Gasteiger partial charge is 0.327 e. The molecule has 2 amide bonds. The van der Waals surface area contributed by atoms with Crippen LogP contribution in [0, 0.1) is 0 Å². The molecule has 1 aliphatic carbocycles. The van der Waals surface area contributed by atoms with E-state index in [2.05, 4.69) is 10.6 Å². The number of hydrogen-bond donors (Lipinski definition) is 3. The number of carbonyl (C=O) groups excluding carboxylic acids is 4. The summed E-state index contributed by atoms with van der Waals surface area (Å²) in [6.45, 7) is 5.04. The van der Waals surface area contributed by atoms with Gasteiger partial charge in [-0.3, -0.25) is 19.2 Å². The van der Waals surface area contributed by atoms with E-state index >= 15 is 0 Å². The molecule has 0 radical (unpaired) electrons. The van der Waals surface area contributed by atoms with Crippen molar-refractivity contribution in [2.45, 2.75) is 49.0 Å². The number of rotatable bonds is 6. The highest BCUT2D eigenvalue weighted by molar-refractivity contribution is 8.01. The molecule has 2 fully saturated rings. The fourth-order valence-electron chi connectivity index (χ4n) is 4.32. The molecule has 2 unspecified atom stereocenters. The predicted molar refractivity (Wildman–Crippen MR) is 120 cm³/mol. The average Bonchev–Trinajstić information content (AvgIpc) is 3.02. The molecule has 0 aromatic heterocycles. The summed E-state index contributed by atoms with van der Waals surface area (Å²) in [5, 5.41) is 14.8. The summed E-state index contributed by atoms with van der Waals surface area (Å²) in [7, 11) is 0. The highest BCUT2D eigenvalue weighted by atomic mass is 32.2. The average molecular weight is 470 g/mol. The van der Waals surface area contributed by atoms with Gasteiger partial charge < -0.3 is 20.6 Å². The zero-order valence-electron chi connectivity index (χ0n) is 18.2. The van der Waals surface area contributed by atoms with Gasteiger partial charge in [0.25, 0.3) is 0 Å². The van der Waals surface area contributed by atoms with Gasteiger partial charge in [-0.2, -0.15) is 0 Å². The number of benzene rings is 1. The highest BCUT2D eigenvalue weighted by Crippen LogP contribution is 2.50. The van der Waals surface area contributed by atoms with E-state index in [1.807, 2.05) is 0 Å². The minimum Gasteiger partial charge on any atom is -0.480 e. The Morgan fingerprint density at radius 1 is 1.12 bits per heavy atom. The molecule has 2 heterocycles. The van der Waals surface area contributed by atoms with Gasteiger partial charge in [-0.25, -0.2) is 4.79 Å². The van der Waals surface area contributed by atoms with Crippen molar-refractivity contribution in [3.8, 4) is 0 Å². The van der Waals surface area contributed by atoms with Gasteiger partial charge in [-0.05, 0) is 32.4 Å². The van der Waals surface area contributed by atoms with Crippen LogP contribution in [0.5, 0.6) is 0 Å². The van der Waals surface area contributed by atoms with Gasteiger partial charge >= 0.3 is 5.97 Å². The van der Waals surface area contributed by atoms with E-state index in [1.165, 1.54) is 29.7 Å². The van der Waals surface area contributed by atoms with Crippen LogP contribution in [0.15, 0.2) is 53.8 Å². The number of ketones is 2. The largest absolute Gasteiger partial charge is 0.480 e. The van der Waals surface area contributed by atoms with Gasteiger partial charge in [-0.15, -0.1) is 11.8 Å². The minimum atomic E-state index is -1.08. The first kappa shape index (κ1) is 22.8. The topological polar surface area (TPSA) is 133 Å². The summed E-state index contributed by atoms with van der Waals surface area (Å²) in [4.78, 5) is 62.8. The zero-order chi connectivity index (χ0) is 24.1. The first-order chi connectivity index (χ1) is 15.5. The maximum Gasteiger partial charge on any atom is 0.327 e. The minimum absolute atomic E-state index is 0.256. The Kier molecular flexibility index (Phi) is 5.65. The van der Waals surface area contributed by atoms with Gasteiger partial charge in [0.2, 0.25) is 23.4 Å². The zero-order valence-corrected chi connectivity index (χ0v) is 19.0. The molecule has 1 aromatic rings. The Hall–Kier alpha value is -3.40. The molecule has 0 bridgehead atoms. The number of thioether (sulfide) groups is 1. The molecule has 4 atom stereocenters. The second kappa shape index (κ2) is 8.18. The molecule has 33 heavy (non-hydrogen) atoms. The number of nitrogens with one attached hydrogen (secondary N) is 2. The number of fused-ring (bicyclic) bond motifs is 1. The summed E-state index contributed by atoms with van der Waals surface area (Å²) >= 11 is 1.34. The second-order valence-corrected chi connectivity index (χ2v) is 10.5. The first-order valence-corrected chi connectivity index (χ1v) is 11.2. The number of carboxylic acid groups (broad SMARTS) is 1. The molecule has 4 rings (SSSR count). The number of carbonyl (C=O) groups is 5. The fourth-order valence-corrected chi connectivity index (χ4v) is 5.94. The fraction of sp³-hybridized carbons (Fsp3) is 0.348. The standard InChI is InChI=1S/C23H23N3O6S/c1-11-9-13(10-14(27)17(11)28)24-15(12-7-5-4-6-8-12)19(29)25-16-20(30)26-18(22(31)32)23(2,3)33-21(16)26/h4-10,15-16,18,21,24H,1-3H3,(H,25,29)(H,31,32)/t15-,16-,18?,21?/m1/s1. The van der Waals surface area contributed by atoms with E-state index in [9.17, 15) is 29.1 Å². The summed E-state index contributed by atoms with van der Waals surface area (Å²) in [5.41, 5.74) is 1.16. The Labute approximate surface area is 194 Å². The third-order valence-corrected chi connectivity index (χ3v) is 7.49. The molecule has 3 N–H and O–H groups in total. The number of Topliss-reactive ketones (excluding diaryl/α,β-unsaturated/α-hetero) is 1. The molecule has 10 heteroatoms. The first-order valence-electron chi connectivity index (χ1n) is 10.3. The lowest BCUT2D eigenvalue weighted by molar-refractivity contribution is -0.161. The number of β-lactam (4-membered cyclic amide) rings is 1. The molecule has 9 nitrogen and oxygen atoms in total. The summed E-state index contributed by atoms with van der Waals surface area (Å²) in [6, 6.07) is 5.98. The maximum absolute atomic E-state index is 13.3. The van der Waals surface area contributed by atoms with Crippen molar-refractivity contribution in [3.05, 3.63) is 59.3 Å². The molecule has 0 spiro atoms. The lowest BCUT2D eigenvalue weighted by Crippen LogP contribution is -2.71. The van der Waals surface area contributed by atoms with Crippen LogP contribution in [0.1, 0.15) is 32.4 Å². The molecule has 0 saturated carbocycles. The van der Waals surface area contributed by atoms with Crippen LogP contribution in [-0.2, 0) is 24.0 Å². The Bertz CT molecular complexity index is 1130. The third kappa shape index (κ3) is 3.95. The lowest BCUT2D eigenvalue weighted by atomic mass is 9.95. The SMILES string of the molecule is CC1=CC(N[C@@H](C(=O)N[C@@H]2C(=O)N3C2SC(C)(C)C3C(=O)O)c2ccccc2)=CC(=O)C1=O. The Morgan fingerprint density at radius 2 is 1.79 bits per heavy atom. The van der Waals surface area contributed by atoms with E-state index in [0.29, 0.717) is 11.3 Å². The van der Waals surface area contributed by atoms with Crippen molar-refractivity contribution >= 4 is 41.1 Å². The van der Waals surface area contributed by atoms with Crippen molar-refractivity contribution in [3.63, 3.8) is 0 Å². The molecule has 2 saturated heterocycles. The quantitative estimate of drug-likeness (QED) is 0.318. The van der Waals surface area contributed by atoms with E-state index < -0.39 is 57.6 Å². The molecular formula is C23H23N3O6S. The molecule has 3 aliphatic rings. The summed E-state index contributed by atoms with van der Waals surface area (Å²) < 4.78 is -0.704.